The molecule has 0 spiro atoms. The maximum absolute atomic E-state index is 12.7. The topological polar surface area (TPSA) is 71.5 Å². The highest BCUT2D eigenvalue weighted by molar-refractivity contribution is 7.98. The number of rotatable bonds is 7. The lowest BCUT2D eigenvalue weighted by atomic mass is 10.3. The Balaban J connectivity index is 1.65. The summed E-state index contributed by atoms with van der Waals surface area (Å²) in [6.07, 6.45) is 4.00. The zero-order chi connectivity index (χ0) is 18.5. The summed E-state index contributed by atoms with van der Waals surface area (Å²) < 4.78 is 4.96. The molecule has 2 amide bonds. The van der Waals surface area contributed by atoms with Crippen LogP contribution in [0.25, 0.3) is 0 Å². The zero-order valence-corrected chi connectivity index (χ0v) is 16.4. The molecule has 0 atom stereocenters. The number of thiazole rings is 1. The highest BCUT2D eigenvalue weighted by atomic mass is 32.2. The molecule has 0 bridgehead atoms. The Kier molecular flexibility index (Phi) is 6.16. The molecule has 8 heteroatoms. The fraction of sp³-hybridized carbons (Fsp3) is 0.389. The highest BCUT2D eigenvalue weighted by Crippen LogP contribution is 2.30. The Morgan fingerprint density at radius 3 is 2.69 bits per heavy atom. The number of urea groups is 1. The molecule has 0 aliphatic heterocycles. The van der Waals surface area contributed by atoms with Crippen molar-refractivity contribution in [2.45, 2.75) is 37.2 Å². The van der Waals surface area contributed by atoms with Crippen LogP contribution in [0.15, 0.2) is 34.5 Å². The monoisotopic (exact) mass is 391 g/mol. The molecule has 1 aromatic heterocycles. The smallest absolute Gasteiger partial charge is 0.357 e. The molecule has 6 nitrogen and oxygen atoms in total. The molecule has 1 saturated carbocycles. The van der Waals surface area contributed by atoms with E-state index < -0.39 is 5.97 Å². The van der Waals surface area contributed by atoms with Crippen molar-refractivity contribution in [1.82, 2.24) is 9.88 Å². The number of nitrogens with zero attached hydrogens (tertiary/aromatic N) is 2. The van der Waals surface area contributed by atoms with E-state index in [4.69, 9.17) is 4.74 Å². The molecule has 0 unspecified atom stereocenters. The van der Waals surface area contributed by atoms with E-state index >= 15 is 0 Å². The summed E-state index contributed by atoms with van der Waals surface area (Å²) in [6.45, 7) is 2.47. The van der Waals surface area contributed by atoms with Crippen molar-refractivity contribution >= 4 is 40.8 Å². The number of nitrogens with one attached hydrogen (secondary N) is 1. The second-order valence-corrected chi connectivity index (χ2v) is 7.69. The Morgan fingerprint density at radius 1 is 1.35 bits per heavy atom. The number of anilines is 1. The van der Waals surface area contributed by atoms with Gasteiger partial charge in [0, 0.05) is 22.0 Å². The van der Waals surface area contributed by atoms with Gasteiger partial charge in [-0.3, -0.25) is 0 Å². The van der Waals surface area contributed by atoms with Crippen LogP contribution in [-0.2, 0) is 11.3 Å². The third-order valence-corrected chi connectivity index (χ3v) is 5.51. The minimum Gasteiger partial charge on any atom is -0.461 e. The first kappa shape index (κ1) is 18.7. The first-order chi connectivity index (χ1) is 12.6. The fourth-order valence-electron chi connectivity index (χ4n) is 2.45. The van der Waals surface area contributed by atoms with Crippen LogP contribution in [0.2, 0.25) is 0 Å². The molecule has 1 heterocycles. The van der Waals surface area contributed by atoms with Gasteiger partial charge in [-0.05, 0) is 50.3 Å². The third-order valence-electron chi connectivity index (χ3n) is 3.93. The summed E-state index contributed by atoms with van der Waals surface area (Å²) in [6, 6.07) is 7.85. The minimum absolute atomic E-state index is 0.141. The number of ether oxygens (including phenoxy) is 1. The van der Waals surface area contributed by atoms with Crippen molar-refractivity contribution in [2.75, 3.05) is 18.2 Å². The summed E-state index contributed by atoms with van der Waals surface area (Å²) in [7, 11) is 0. The second-order valence-electron chi connectivity index (χ2n) is 5.86. The lowest BCUT2D eigenvalue weighted by Crippen LogP contribution is -2.36. The van der Waals surface area contributed by atoms with Gasteiger partial charge in [0.05, 0.1) is 13.2 Å². The summed E-state index contributed by atoms with van der Waals surface area (Å²) in [5, 5.41) is 5.36. The third kappa shape index (κ3) is 4.76. The lowest BCUT2D eigenvalue weighted by Gasteiger charge is -2.21. The molecule has 0 saturated heterocycles. The fourth-order valence-corrected chi connectivity index (χ4v) is 3.62. The maximum Gasteiger partial charge on any atom is 0.357 e. The number of benzene rings is 1. The van der Waals surface area contributed by atoms with Crippen molar-refractivity contribution in [3.05, 3.63) is 40.3 Å². The number of esters is 1. The summed E-state index contributed by atoms with van der Waals surface area (Å²) >= 11 is 3.03. The molecule has 1 aromatic carbocycles. The number of hydrogen-bond acceptors (Lipinski definition) is 6. The zero-order valence-electron chi connectivity index (χ0n) is 14.7. The minimum atomic E-state index is -0.425. The maximum atomic E-state index is 12.7. The molecule has 3 rings (SSSR count). The number of carbonyl (C=O) groups is 2. The molecule has 26 heavy (non-hydrogen) atoms. The van der Waals surface area contributed by atoms with Crippen LogP contribution in [0.1, 0.15) is 35.3 Å². The number of carbonyl (C=O) groups excluding carboxylic acids is 2. The molecule has 1 aliphatic carbocycles. The summed E-state index contributed by atoms with van der Waals surface area (Å²) in [4.78, 5) is 31.7. The SMILES string of the molecule is CCOC(=O)c1csc(CN(C(=O)Nc2ccc(SC)cc2)C2CC2)n1. The largest absolute Gasteiger partial charge is 0.461 e. The second kappa shape index (κ2) is 8.55. The van der Waals surface area contributed by atoms with Crippen LogP contribution >= 0.6 is 23.1 Å². The quantitative estimate of drug-likeness (QED) is 0.565. The van der Waals surface area contributed by atoms with E-state index in [-0.39, 0.29) is 12.1 Å². The van der Waals surface area contributed by atoms with Crippen molar-refractivity contribution < 1.29 is 14.3 Å². The van der Waals surface area contributed by atoms with Crippen LogP contribution in [0.5, 0.6) is 0 Å². The predicted octanol–water partition coefficient (Wildman–Crippen LogP) is 4.24. The standard InChI is InChI=1S/C18H21N3O3S2/c1-3-24-17(22)15-11-26-16(20-15)10-21(13-6-7-13)18(23)19-12-4-8-14(25-2)9-5-12/h4-5,8-9,11,13H,3,6-7,10H2,1-2H3,(H,19,23). The van der Waals surface area contributed by atoms with Crippen molar-refractivity contribution in [3.8, 4) is 0 Å². The van der Waals surface area contributed by atoms with E-state index in [1.165, 1.54) is 11.3 Å². The van der Waals surface area contributed by atoms with Crippen LogP contribution in [-0.4, -0.2) is 40.8 Å². The highest BCUT2D eigenvalue weighted by Gasteiger charge is 2.33. The Morgan fingerprint density at radius 2 is 2.08 bits per heavy atom. The first-order valence-electron chi connectivity index (χ1n) is 8.44. The Labute approximate surface area is 160 Å². The predicted molar refractivity (Wildman–Crippen MR) is 104 cm³/mol. The summed E-state index contributed by atoms with van der Waals surface area (Å²) in [5.41, 5.74) is 1.07. The van der Waals surface area contributed by atoms with Crippen LogP contribution in [0, 0.1) is 0 Å². The van der Waals surface area contributed by atoms with Gasteiger partial charge in [0.2, 0.25) is 0 Å². The van der Waals surface area contributed by atoms with E-state index in [0.717, 1.165) is 28.4 Å². The van der Waals surface area contributed by atoms with Crippen molar-refractivity contribution in [3.63, 3.8) is 0 Å². The number of aromatic nitrogens is 1. The van der Waals surface area contributed by atoms with Crippen LogP contribution < -0.4 is 5.32 Å². The number of amides is 2. The van der Waals surface area contributed by atoms with Gasteiger partial charge in [-0.25, -0.2) is 14.6 Å². The van der Waals surface area contributed by atoms with E-state index in [0.29, 0.717) is 18.8 Å². The van der Waals surface area contributed by atoms with Gasteiger partial charge in [0.15, 0.2) is 5.69 Å². The molecular weight excluding hydrogens is 370 g/mol. The van der Waals surface area contributed by atoms with E-state index in [2.05, 4.69) is 10.3 Å². The van der Waals surface area contributed by atoms with Crippen molar-refractivity contribution in [1.29, 1.82) is 0 Å². The molecule has 1 fully saturated rings. The normalized spacial score (nSPS) is 13.3. The average molecular weight is 392 g/mol. The average Bonchev–Trinajstić information content (AvgIpc) is 3.38. The summed E-state index contributed by atoms with van der Waals surface area (Å²) in [5.74, 6) is -0.425. The lowest BCUT2D eigenvalue weighted by molar-refractivity contribution is 0.0520. The Hall–Kier alpha value is -2.06. The van der Waals surface area contributed by atoms with Gasteiger partial charge in [-0.15, -0.1) is 23.1 Å². The van der Waals surface area contributed by atoms with Gasteiger partial charge in [-0.1, -0.05) is 0 Å². The van der Waals surface area contributed by atoms with Gasteiger partial charge < -0.3 is 15.0 Å². The Bertz CT molecular complexity index is 772. The molecule has 0 radical (unpaired) electrons. The van der Waals surface area contributed by atoms with E-state index in [9.17, 15) is 9.59 Å². The van der Waals surface area contributed by atoms with Crippen molar-refractivity contribution in [2.24, 2.45) is 0 Å². The van der Waals surface area contributed by atoms with Gasteiger partial charge in [0.25, 0.3) is 0 Å². The van der Waals surface area contributed by atoms with E-state index in [1.54, 1.807) is 29.0 Å². The van der Waals surface area contributed by atoms with Gasteiger partial charge in [-0.2, -0.15) is 0 Å². The molecule has 1 N–H and O–H groups in total. The first-order valence-corrected chi connectivity index (χ1v) is 10.5. The molecule has 1 aliphatic rings. The molecular formula is C18H21N3O3S2. The van der Waals surface area contributed by atoms with Crippen LogP contribution in [0.3, 0.4) is 0 Å². The van der Waals surface area contributed by atoms with E-state index in [1.807, 2.05) is 30.5 Å². The van der Waals surface area contributed by atoms with Crippen LogP contribution in [0.4, 0.5) is 10.5 Å². The van der Waals surface area contributed by atoms with Gasteiger partial charge in [0.1, 0.15) is 5.01 Å². The molecule has 2 aromatic rings. The number of thioether (sulfide) groups is 1. The molecule has 138 valence electrons. The van der Waals surface area contributed by atoms with Gasteiger partial charge >= 0.3 is 12.0 Å². The number of hydrogen-bond donors (Lipinski definition) is 1.